The van der Waals surface area contributed by atoms with Crippen LogP contribution in [0.1, 0.15) is 16.8 Å². The lowest BCUT2D eigenvalue weighted by molar-refractivity contribution is 0.687. The van der Waals surface area contributed by atoms with Gasteiger partial charge in [0.15, 0.2) is 0 Å². The predicted molar refractivity (Wildman–Crippen MR) is 107 cm³/mol. The van der Waals surface area contributed by atoms with Crippen LogP contribution in [0.2, 0.25) is 5.02 Å². The highest BCUT2D eigenvalue weighted by molar-refractivity contribution is 6.31. The quantitative estimate of drug-likeness (QED) is 0.555. The van der Waals surface area contributed by atoms with Crippen molar-refractivity contribution in [2.75, 3.05) is 5.32 Å². The van der Waals surface area contributed by atoms with Crippen molar-refractivity contribution in [1.82, 2.24) is 24.3 Å². The Morgan fingerprint density at radius 2 is 2.00 bits per heavy atom. The fourth-order valence-corrected chi connectivity index (χ4v) is 3.04. The first-order chi connectivity index (χ1) is 13.6. The third kappa shape index (κ3) is 3.72. The zero-order chi connectivity index (χ0) is 19.5. The molecule has 7 nitrogen and oxygen atoms in total. The Bertz CT molecular complexity index is 1170. The Kier molecular flexibility index (Phi) is 4.79. The number of nitriles is 1. The largest absolute Gasteiger partial charge is 0.323 e. The summed E-state index contributed by atoms with van der Waals surface area (Å²) in [5, 5.41) is 17.8. The summed E-state index contributed by atoms with van der Waals surface area (Å²) in [6.45, 7) is 2.43. The van der Waals surface area contributed by atoms with Crippen molar-refractivity contribution in [3.8, 4) is 11.8 Å². The molecule has 0 amide bonds. The van der Waals surface area contributed by atoms with Crippen LogP contribution in [0.25, 0.3) is 5.69 Å². The predicted octanol–water partition coefficient (Wildman–Crippen LogP) is 4.09. The Hall–Kier alpha value is -3.63. The number of hydrogen-bond acceptors (Lipinski definition) is 5. The summed E-state index contributed by atoms with van der Waals surface area (Å²) in [5.74, 6) is 0.446. The smallest absolute Gasteiger partial charge is 0.246 e. The standard InChI is InChI=1S/C20H16ClN7/c1-14-10-27(12-23-14)19-7-6-17(8-16(19)9-22)25-20-24-13-28(26-20)11-15-4-2-3-5-18(15)21/h2-8,10,12-13H,11H2,1H3,(H,25,26). The van der Waals surface area contributed by atoms with Gasteiger partial charge in [0.05, 0.1) is 29.8 Å². The summed E-state index contributed by atoms with van der Waals surface area (Å²) in [4.78, 5) is 8.48. The van der Waals surface area contributed by atoms with Gasteiger partial charge >= 0.3 is 0 Å². The summed E-state index contributed by atoms with van der Waals surface area (Å²) >= 11 is 6.20. The van der Waals surface area contributed by atoms with Crippen LogP contribution < -0.4 is 5.32 Å². The molecule has 0 saturated heterocycles. The summed E-state index contributed by atoms with van der Waals surface area (Å²) in [5.41, 5.74) is 3.88. The van der Waals surface area contributed by atoms with Crippen LogP contribution in [-0.2, 0) is 6.54 Å². The molecule has 138 valence electrons. The van der Waals surface area contributed by atoms with Crippen LogP contribution in [0, 0.1) is 18.3 Å². The minimum absolute atomic E-state index is 0.446. The molecule has 8 heteroatoms. The van der Waals surface area contributed by atoms with E-state index in [0.29, 0.717) is 23.1 Å². The molecule has 0 aliphatic carbocycles. The Balaban J connectivity index is 1.53. The van der Waals surface area contributed by atoms with E-state index in [4.69, 9.17) is 11.6 Å². The van der Waals surface area contributed by atoms with Gasteiger partial charge in [0.2, 0.25) is 5.95 Å². The third-order valence-corrected chi connectivity index (χ3v) is 4.56. The van der Waals surface area contributed by atoms with Crippen molar-refractivity contribution >= 4 is 23.2 Å². The maximum Gasteiger partial charge on any atom is 0.246 e. The van der Waals surface area contributed by atoms with Gasteiger partial charge in [-0.2, -0.15) is 5.26 Å². The monoisotopic (exact) mass is 389 g/mol. The fraction of sp³-hybridized carbons (Fsp3) is 0.100. The van der Waals surface area contributed by atoms with Crippen LogP contribution in [-0.4, -0.2) is 24.3 Å². The first kappa shape index (κ1) is 17.8. The summed E-state index contributed by atoms with van der Waals surface area (Å²) in [6, 6.07) is 15.4. The topological polar surface area (TPSA) is 84.4 Å². The third-order valence-electron chi connectivity index (χ3n) is 4.19. The van der Waals surface area contributed by atoms with Gasteiger partial charge in [0.25, 0.3) is 0 Å². The number of benzene rings is 2. The number of anilines is 2. The molecule has 28 heavy (non-hydrogen) atoms. The molecule has 2 heterocycles. The van der Waals surface area contributed by atoms with E-state index in [0.717, 1.165) is 22.6 Å². The van der Waals surface area contributed by atoms with Crippen molar-refractivity contribution in [2.45, 2.75) is 13.5 Å². The fourth-order valence-electron chi connectivity index (χ4n) is 2.84. The molecule has 0 aliphatic heterocycles. The molecular formula is C20H16ClN7. The van der Waals surface area contributed by atoms with Gasteiger partial charge < -0.3 is 9.88 Å². The lowest BCUT2D eigenvalue weighted by atomic mass is 10.1. The number of aryl methyl sites for hydroxylation is 1. The van der Waals surface area contributed by atoms with E-state index in [1.165, 1.54) is 0 Å². The zero-order valence-corrected chi connectivity index (χ0v) is 15.8. The van der Waals surface area contributed by atoms with E-state index < -0.39 is 0 Å². The van der Waals surface area contributed by atoms with Gasteiger partial charge in [-0.05, 0) is 36.8 Å². The average molecular weight is 390 g/mol. The van der Waals surface area contributed by atoms with Crippen LogP contribution in [0.3, 0.4) is 0 Å². The Morgan fingerprint density at radius 3 is 2.75 bits per heavy atom. The SMILES string of the molecule is Cc1cn(-c2ccc(Nc3ncn(Cc4ccccc4Cl)n3)cc2C#N)cn1. The van der Waals surface area contributed by atoms with Gasteiger partial charge in [-0.1, -0.05) is 29.8 Å². The van der Waals surface area contributed by atoms with E-state index in [9.17, 15) is 5.26 Å². The molecule has 1 N–H and O–H groups in total. The number of aromatic nitrogens is 5. The zero-order valence-electron chi connectivity index (χ0n) is 15.0. The van der Waals surface area contributed by atoms with E-state index >= 15 is 0 Å². The van der Waals surface area contributed by atoms with Gasteiger partial charge in [-0.15, -0.1) is 5.10 Å². The second kappa shape index (κ2) is 7.55. The molecule has 4 rings (SSSR count). The van der Waals surface area contributed by atoms with Gasteiger partial charge in [0, 0.05) is 16.9 Å². The van der Waals surface area contributed by atoms with Gasteiger partial charge in [0.1, 0.15) is 12.4 Å². The van der Waals surface area contributed by atoms with Gasteiger partial charge in [-0.3, -0.25) is 0 Å². The molecule has 2 aromatic carbocycles. The number of nitrogens with zero attached hydrogens (tertiary/aromatic N) is 6. The van der Waals surface area contributed by atoms with E-state index in [2.05, 4.69) is 26.5 Å². The highest BCUT2D eigenvalue weighted by Gasteiger charge is 2.09. The second-order valence-electron chi connectivity index (χ2n) is 6.25. The number of imidazole rings is 1. The van der Waals surface area contributed by atoms with Crippen molar-refractivity contribution in [3.05, 3.63) is 83.2 Å². The molecule has 0 unspecified atom stereocenters. The van der Waals surface area contributed by atoms with Crippen LogP contribution >= 0.6 is 11.6 Å². The van der Waals surface area contributed by atoms with Crippen molar-refractivity contribution in [3.63, 3.8) is 0 Å². The average Bonchev–Trinajstić information content (AvgIpc) is 3.32. The molecule has 0 saturated carbocycles. The van der Waals surface area contributed by atoms with Crippen LogP contribution in [0.15, 0.2) is 61.3 Å². The molecule has 2 aromatic heterocycles. The normalized spacial score (nSPS) is 10.6. The molecule has 4 aromatic rings. The first-order valence-corrected chi connectivity index (χ1v) is 8.95. The molecule has 0 fully saturated rings. The summed E-state index contributed by atoms with van der Waals surface area (Å²) < 4.78 is 3.53. The molecule has 0 bridgehead atoms. The molecule has 0 spiro atoms. The van der Waals surface area contributed by atoms with Crippen molar-refractivity contribution in [2.24, 2.45) is 0 Å². The number of nitrogens with one attached hydrogen (secondary N) is 1. The number of halogens is 1. The number of hydrogen-bond donors (Lipinski definition) is 1. The van der Waals surface area contributed by atoms with E-state index in [1.54, 1.807) is 23.4 Å². The first-order valence-electron chi connectivity index (χ1n) is 8.57. The summed E-state index contributed by atoms with van der Waals surface area (Å²) in [7, 11) is 0. The maximum atomic E-state index is 9.51. The molecular weight excluding hydrogens is 374 g/mol. The van der Waals surface area contributed by atoms with Crippen molar-refractivity contribution in [1.29, 1.82) is 5.26 Å². The molecule has 0 atom stereocenters. The van der Waals surface area contributed by atoms with Crippen molar-refractivity contribution < 1.29 is 0 Å². The summed E-state index contributed by atoms with van der Waals surface area (Å²) in [6.07, 6.45) is 5.21. The minimum atomic E-state index is 0.446. The number of rotatable bonds is 5. The maximum absolute atomic E-state index is 9.51. The van der Waals surface area contributed by atoms with E-state index in [1.807, 2.05) is 54.1 Å². The van der Waals surface area contributed by atoms with Gasteiger partial charge in [-0.25, -0.2) is 14.6 Å². The van der Waals surface area contributed by atoms with E-state index in [-0.39, 0.29) is 0 Å². The van der Waals surface area contributed by atoms with Crippen LogP contribution in [0.4, 0.5) is 11.6 Å². The lowest BCUT2D eigenvalue weighted by Gasteiger charge is -2.08. The highest BCUT2D eigenvalue weighted by atomic mass is 35.5. The minimum Gasteiger partial charge on any atom is -0.323 e. The second-order valence-corrected chi connectivity index (χ2v) is 6.66. The Morgan fingerprint density at radius 1 is 1.14 bits per heavy atom. The Labute approximate surface area is 166 Å². The molecule has 0 radical (unpaired) electrons. The lowest BCUT2D eigenvalue weighted by Crippen LogP contribution is -2.02. The highest BCUT2D eigenvalue weighted by Crippen LogP contribution is 2.22. The molecule has 0 aliphatic rings. The van der Waals surface area contributed by atoms with Crippen LogP contribution in [0.5, 0.6) is 0 Å².